The Morgan fingerprint density at radius 3 is 2.62 bits per heavy atom. The van der Waals surface area contributed by atoms with Crippen LogP contribution in [0.1, 0.15) is 25.7 Å². The van der Waals surface area contributed by atoms with Gasteiger partial charge >= 0.3 is 0 Å². The molecule has 0 amide bonds. The van der Waals surface area contributed by atoms with E-state index in [4.69, 9.17) is 0 Å². The largest absolute Gasteiger partial charge is 0.369 e. The molecule has 1 atom stereocenters. The van der Waals surface area contributed by atoms with Crippen LogP contribution in [0, 0.1) is 0 Å². The van der Waals surface area contributed by atoms with E-state index in [1.165, 1.54) is 0 Å². The molecule has 1 saturated carbocycles. The van der Waals surface area contributed by atoms with E-state index < -0.39 is 10.0 Å². The molecular weight excluding hydrogens is 286 g/mol. The van der Waals surface area contributed by atoms with Gasteiger partial charge in [0, 0.05) is 25.2 Å². The van der Waals surface area contributed by atoms with Gasteiger partial charge in [0.15, 0.2) is 0 Å². The molecule has 0 aromatic heterocycles. The van der Waals surface area contributed by atoms with E-state index in [1.54, 1.807) is 12.1 Å². The second kappa shape index (κ2) is 5.94. The number of piperidine rings is 1. The molecule has 1 unspecified atom stereocenters. The quantitative estimate of drug-likeness (QED) is 0.861. The number of rotatable bonds is 5. The number of hydrogen-bond donors (Lipinski definition) is 2. The first kappa shape index (κ1) is 14.8. The minimum Gasteiger partial charge on any atom is -0.369 e. The van der Waals surface area contributed by atoms with E-state index in [2.05, 4.69) is 14.9 Å². The number of nitrogens with zero attached hydrogens (tertiary/aromatic N) is 1. The average Bonchev–Trinajstić information content (AvgIpc) is 3.30. The van der Waals surface area contributed by atoms with Crippen LogP contribution in [0.5, 0.6) is 0 Å². The van der Waals surface area contributed by atoms with E-state index in [9.17, 15) is 8.42 Å². The average molecular weight is 309 g/mol. The summed E-state index contributed by atoms with van der Waals surface area (Å²) >= 11 is 0. The molecule has 1 heterocycles. The van der Waals surface area contributed by atoms with Crippen LogP contribution in [0.4, 0.5) is 5.69 Å². The third kappa shape index (κ3) is 3.39. The number of nitrogens with one attached hydrogen (secondary N) is 2. The molecular formula is C15H23N3O2S. The van der Waals surface area contributed by atoms with Crippen molar-refractivity contribution in [2.24, 2.45) is 0 Å². The van der Waals surface area contributed by atoms with Crippen LogP contribution in [0.2, 0.25) is 0 Å². The van der Waals surface area contributed by atoms with Crippen LogP contribution in [0.25, 0.3) is 0 Å². The van der Waals surface area contributed by atoms with Crippen LogP contribution in [0.15, 0.2) is 29.2 Å². The number of hydrogen-bond acceptors (Lipinski definition) is 4. The molecule has 2 aliphatic rings. The van der Waals surface area contributed by atoms with Gasteiger partial charge in [-0.25, -0.2) is 13.1 Å². The normalized spacial score (nSPS) is 23.3. The Hall–Kier alpha value is -1.11. The maximum atomic E-state index is 12.5. The highest BCUT2D eigenvalue weighted by molar-refractivity contribution is 7.89. The predicted molar refractivity (Wildman–Crippen MR) is 84.1 cm³/mol. The molecule has 1 aliphatic heterocycles. The van der Waals surface area contributed by atoms with E-state index in [0.29, 0.717) is 10.9 Å². The summed E-state index contributed by atoms with van der Waals surface area (Å²) in [4.78, 5) is 2.60. The third-order valence-corrected chi connectivity index (χ3v) is 5.79. The number of anilines is 1. The van der Waals surface area contributed by atoms with Crippen molar-refractivity contribution < 1.29 is 8.42 Å². The van der Waals surface area contributed by atoms with Crippen molar-refractivity contribution in [3.63, 3.8) is 0 Å². The minimum absolute atomic E-state index is 0.134. The standard InChI is InChI=1S/C15H23N3O2S/c1-16-13-5-4-10-18(11-13)14-6-2-3-7-15(14)21(19,20)17-12-8-9-12/h2-3,6-7,12-13,16-17H,4-5,8-11H2,1H3. The van der Waals surface area contributed by atoms with Gasteiger partial charge in [0.25, 0.3) is 0 Å². The Kier molecular flexibility index (Phi) is 4.19. The molecule has 116 valence electrons. The molecule has 3 rings (SSSR count). The van der Waals surface area contributed by atoms with Crippen molar-refractivity contribution in [3.8, 4) is 0 Å². The molecule has 0 bridgehead atoms. The summed E-state index contributed by atoms with van der Waals surface area (Å²) in [6.45, 7) is 1.76. The van der Waals surface area contributed by atoms with Crippen LogP contribution in [-0.2, 0) is 10.0 Å². The molecule has 1 aromatic carbocycles. The van der Waals surface area contributed by atoms with Gasteiger partial charge in [-0.2, -0.15) is 0 Å². The fourth-order valence-corrected chi connectivity index (χ4v) is 4.39. The lowest BCUT2D eigenvalue weighted by Gasteiger charge is -2.35. The summed E-state index contributed by atoms with van der Waals surface area (Å²) in [5.74, 6) is 0. The highest BCUT2D eigenvalue weighted by atomic mass is 32.2. The van der Waals surface area contributed by atoms with Crippen LogP contribution >= 0.6 is 0 Å². The first-order chi connectivity index (χ1) is 10.1. The van der Waals surface area contributed by atoms with Gasteiger partial charge in [0.2, 0.25) is 10.0 Å². The summed E-state index contributed by atoms with van der Waals surface area (Å²) < 4.78 is 27.9. The highest BCUT2D eigenvalue weighted by Gasteiger charge is 2.31. The van der Waals surface area contributed by atoms with Crippen LogP contribution in [-0.4, -0.2) is 40.6 Å². The monoisotopic (exact) mass is 309 g/mol. The van der Waals surface area contributed by atoms with E-state index in [-0.39, 0.29) is 6.04 Å². The highest BCUT2D eigenvalue weighted by Crippen LogP contribution is 2.29. The Bertz CT molecular complexity index is 599. The van der Waals surface area contributed by atoms with Gasteiger partial charge < -0.3 is 10.2 Å². The van der Waals surface area contributed by atoms with Crippen molar-refractivity contribution >= 4 is 15.7 Å². The van der Waals surface area contributed by atoms with Crippen molar-refractivity contribution in [2.75, 3.05) is 25.0 Å². The molecule has 1 aromatic rings. The first-order valence-corrected chi connectivity index (χ1v) is 9.12. The van der Waals surface area contributed by atoms with Gasteiger partial charge in [0.05, 0.1) is 5.69 Å². The number of sulfonamides is 1. The maximum Gasteiger partial charge on any atom is 0.242 e. The van der Waals surface area contributed by atoms with Gasteiger partial charge in [-0.3, -0.25) is 0 Å². The fraction of sp³-hybridized carbons (Fsp3) is 0.600. The second-order valence-corrected chi connectivity index (χ2v) is 7.62. The van der Waals surface area contributed by atoms with Crippen molar-refractivity contribution in [3.05, 3.63) is 24.3 Å². The Morgan fingerprint density at radius 2 is 1.90 bits per heavy atom. The van der Waals surface area contributed by atoms with E-state index in [1.807, 2.05) is 19.2 Å². The van der Waals surface area contributed by atoms with Crippen molar-refractivity contribution in [1.82, 2.24) is 10.0 Å². The van der Waals surface area contributed by atoms with Crippen molar-refractivity contribution in [1.29, 1.82) is 0 Å². The zero-order valence-electron chi connectivity index (χ0n) is 12.4. The lowest BCUT2D eigenvalue weighted by atomic mass is 10.1. The molecule has 5 nitrogen and oxygen atoms in total. The van der Waals surface area contributed by atoms with Crippen molar-refractivity contribution in [2.45, 2.75) is 42.7 Å². The first-order valence-electron chi connectivity index (χ1n) is 7.64. The minimum atomic E-state index is -3.41. The SMILES string of the molecule is CNC1CCCN(c2ccccc2S(=O)(=O)NC2CC2)C1. The van der Waals surface area contributed by atoms with E-state index in [0.717, 1.165) is 44.5 Å². The number of benzene rings is 1. The molecule has 1 saturated heterocycles. The molecule has 0 radical (unpaired) electrons. The molecule has 6 heteroatoms. The molecule has 21 heavy (non-hydrogen) atoms. The van der Waals surface area contributed by atoms with Gasteiger partial charge in [0.1, 0.15) is 4.90 Å². The van der Waals surface area contributed by atoms with Gasteiger partial charge in [-0.15, -0.1) is 0 Å². The predicted octanol–water partition coefficient (Wildman–Crippen LogP) is 1.32. The van der Waals surface area contributed by atoms with E-state index >= 15 is 0 Å². The topological polar surface area (TPSA) is 61.4 Å². The number of para-hydroxylation sites is 1. The molecule has 0 spiro atoms. The zero-order valence-corrected chi connectivity index (χ0v) is 13.2. The summed E-state index contributed by atoms with van der Waals surface area (Å²) in [5.41, 5.74) is 0.825. The second-order valence-electron chi connectivity index (χ2n) is 5.94. The third-order valence-electron chi connectivity index (χ3n) is 4.22. The lowest BCUT2D eigenvalue weighted by Crippen LogP contribution is -2.45. The van der Waals surface area contributed by atoms with Crippen LogP contribution < -0.4 is 14.9 Å². The zero-order chi connectivity index (χ0) is 14.9. The lowest BCUT2D eigenvalue weighted by molar-refractivity contribution is 0.448. The maximum absolute atomic E-state index is 12.5. The summed E-state index contributed by atoms with van der Waals surface area (Å²) in [7, 11) is -1.45. The van der Waals surface area contributed by atoms with Gasteiger partial charge in [-0.05, 0) is 44.9 Å². The molecule has 2 fully saturated rings. The smallest absolute Gasteiger partial charge is 0.242 e. The Labute approximate surface area is 126 Å². The molecule has 2 N–H and O–H groups in total. The van der Waals surface area contributed by atoms with Crippen LogP contribution in [0.3, 0.4) is 0 Å². The fourth-order valence-electron chi connectivity index (χ4n) is 2.86. The van der Waals surface area contributed by atoms with Gasteiger partial charge in [-0.1, -0.05) is 12.1 Å². The molecule has 1 aliphatic carbocycles. The Morgan fingerprint density at radius 1 is 1.14 bits per heavy atom. The number of likely N-dealkylation sites (N-methyl/N-ethyl adjacent to an activating group) is 1. The Balaban J connectivity index is 1.88. The summed E-state index contributed by atoms with van der Waals surface area (Å²) in [5, 5.41) is 3.30. The summed E-state index contributed by atoms with van der Waals surface area (Å²) in [6.07, 6.45) is 4.12. The summed E-state index contributed by atoms with van der Waals surface area (Å²) in [6, 6.07) is 7.89.